The summed E-state index contributed by atoms with van der Waals surface area (Å²) >= 11 is 5.69. The highest BCUT2D eigenvalue weighted by atomic mass is 35.5. The maximum Gasteiger partial charge on any atom is 0.244 e. The van der Waals surface area contributed by atoms with Crippen LogP contribution in [0.15, 0.2) is 18.2 Å². The van der Waals surface area contributed by atoms with Crippen molar-refractivity contribution in [1.29, 1.82) is 0 Å². The minimum atomic E-state index is -0.555. The Balaban J connectivity index is 2.15. The van der Waals surface area contributed by atoms with Gasteiger partial charge in [0.2, 0.25) is 5.91 Å². The van der Waals surface area contributed by atoms with Crippen LogP contribution in [-0.4, -0.2) is 18.0 Å². The van der Waals surface area contributed by atoms with Crippen molar-refractivity contribution in [2.45, 2.75) is 38.1 Å². The summed E-state index contributed by atoms with van der Waals surface area (Å²) in [5.41, 5.74) is -0.375. The van der Waals surface area contributed by atoms with Gasteiger partial charge in [0.05, 0.1) is 11.2 Å². The van der Waals surface area contributed by atoms with Crippen LogP contribution in [0.3, 0.4) is 0 Å². The predicted octanol–water partition coefficient (Wildman–Crippen LogP) is 3.34. The number of benzene rings is 1. The molecule has 2 rings (SSSR count). The molecule has 1 aliphatic heterocycles. The number of carbonyl (C=O) groups is 1. The van der Waals surface area contributed by atoms with E-state index in [9.17, 15) is 9.18 Å². The quantitative estimate of drug-likeness (QED) is 0.890. The fourth-order valence-corrected chi connectivity index (χ4v) is 2.75. The lowest BCUT2D eigenvalue weighted by Gasteiger charge is -2.27. The molecule has 1 saturated heterocycles. The zero-order valence-corrected chi connectivity index (χ0v) is 11.7. The molecule has 104 valence electrons. The van der Waals surface area contributed by atoms with Gasteiger partial charge in [-0.05, 0) is 44.0 Å². The second kappa shape index (κ2) is 5.88. The van der Waals surface area contributed by atoms with E-state index in [1.807, 2.05) is 6.92 Å². The predicted molar refractivity (Wildman–Crippen MR) is 74.9 cm³/mol. The van der Waals surface area contributed by atoms with Gasteiger partial charge in [-0.3, -0.25) is 4.79 Å². The Bertz CT molecular complexity index is 473. The monoisotopic (exact) mass is 284 g/mol. The van der Waals surface area contributed by atoms with Crippen LogP contribution < -0.4 is 10.6 Å². The minimum absolute atomic E-state index is 0.159. The molecule has 3 nitrogen and oxygen atoms in total. The van der Waals surface area contributed by atoms with Crippen LogP contribution in [0.1, 0.15) is 32.6 Å². The highest BCUT2D eigenvalue weighted by molar-refractivity contribution is 6.30. The molecule has 0 bridgehead atoms. The van der Waals surface area contributed by atoms with Crippen LogP contribution in [0.4, 0.5) is 10.1 Å². The van der Waals surface area contributed by atoms with Crippen LogP contribution >= 0.6 is 11.6 Å². The van der Waals surface area contributed by atoms with Crippen LogP contribution in [-0.2, 0) is 4.79 Å². The SMILES string of the molecule is CCCC1(C(=O)Nc2ccc(Cl)cc2F)CCCN1. The first-order valence-electron chi connectivity index (χ1n) is 6.59. The molecule has 1 unspecified atom stereocenters. The van der Waals surface area contributed by atoms with Gasteiger partial charge in [0.15, 0.2) is 0 Å². The normalized spacial score (nSPS) is 22.5. The maximum atomic E-state index is 13.7. The van der Waals surface area contributed by atoms with Crippen molar-refractivity contribution in [1.82, 2.24) is 5.32 Å². The average molecular weight is 285 g/mol. The Kier molecular flexibility index (Phi) is 4.42. The second-order valence-corrected chi connectivity index (χ2v) is 5.38. The number of hydrogen-bond donors (Lipinski definition) is 2. The van der Waals surface area contributed by atoms with E-state index < -0.39 is 11.4 Å². The van der Waals surface area contributed by atoms with E-state index in [1.54, 1.807) is 6.07 Å². The number of nitrogens with one attached hydrogen (secondary N) is 2. The first kappa shape index (κ1) is 14.3. The summed E-state index contributed by atoms with van der Waals surface area (Å²) in [6.07, 6.45) is 3.43. The third kappa shape index (κ3) is 3.07. The maximum absolute atomic E-state index is 13.7. The Hall–Kier alpha value is -1.13. The summed E-state index contributed by atoms with van der Waals surface area (Å²) in [5, 5.41) is 6.25. The largest absolute Gasteiger partial charge is 0.322 e. The molecule has 1 atom stereocenters. The molecule has 2 N–H and O–H groups in total. The molecular formula is C14H18ClFN2O. The van der Waals surface area contributed by atoms with E-state index in [0.717, 1.165) is 32.2 Å². The number of carbonyl (C=O) groups excluding carboxylic acids is 1. The molecule has 1 fully saturated rings. The Labute approximate surface area is 117 Å². The standard InChI is InChI=1S/C14H18ClFN2O/c1-2-6-14(7-3-8-17-14)13(19)18-12-5-4-10(15)9-11(12)16/h4-5,9,17H,2-3,6-8H2,1H3,(H,18,19). The third-order valence-electron chi connectivity index (χ3n) is 3.53. The summed E-state index contributed by atoms with van der Waals surface area (Å²) in [4.78, 5) is 12.4. The van der Waals surface area contributed by atoms with Crippen LogP contribution in [0.2, 0.25) is 5.02 Å². The van der Waals surface area contributed by atoms with Crippen LogP contribution in [0.25, 0.3) is 0 Å². The average Bonchev–Trinajstić information content (AvgIpc) is 2.83. The molecule has 0 aliphatic carbocycles. The summed E-state index contributed by atoms with van der Waals surface area (Å²) in [7, 11) is 0. The molecule has 0 saturated carbocycles. The number of hydrogen-bond acceptors (Lipinski definition) is 2. The van der Waals surface area contributed by atoms with E-state index in [2.05, 4.69) is 10.6 Å². The van der Waals surface area contributed by atoms with Gasteiger partial charge >= 0.3 is 0 Å². The third-order valence-corrected chi connectivity index (χ3v) is 3.77. The van der Waals surface area contributed by atoms with Crippen LogP contribution in [0, 0.1) is 5.82 Å². The zero-order chi connectivity index (χ0) is 13.9. The molecule has 0 spiro atoms. The summed E-state index contributed by atoms with van der Waals surface area (Å²) in [5.74, 6) is -0.668. The van der Waals surface area contributed by atoms with Crippen molar-refractivity contribution in [3.05, 3.63) is 29.0 Å². The Morgan fingerprint density at radius 2 is 2.37 bits per heavy atom. The molecule has 1 heterocycles. The van der Waals surface area contributed by atoms with Gasteiger partial charge in [0, 0.05) is 5.02 Å². The van der Waals surface area contributed by atoms with Gasteiger partial charge in [-0.25, -0.2) is 4.39 Å². The van der Waals surface area contributed by atoms with Gasteiger partial charge < -0.3 is 10.6 Å². The number of halogens is 2. The lowest BCUT2D eigenvalue weighted by molar-refractivity contribution is -0.122. The Morgan fingerprint density at radius 3 is 2.95 bits per heavy atom. The van der Waals surface area contributed by atoms with Gasteiger partial charge in [-0.1, -0.05) is 24.9 Å². The summed E-state index contributed by atoms with van der Waals surface area (Å²) in [6.45, 7) is 2.87. The molecule has 1 aromatic carbocycles. The van der Waals surface area contributed by atoms with Crippen molar-refractivity contribution in [3.63, 3.8) is 0 Å². The first-order valence-corrected chi connectivity index (χ1v) is 6.97. The molecule has 5 heteroatoms. The van der Waals surface area contributed by atoms with E-state index >= 15 is 0 Å². The van der Waals surface area contributed by atoms with Crippen LogP contribution in [0.5, 0.6) is 0 Å². The fourth-order valence-electron chi connectivity index (χ4n) is 2.59. The molecule has 1 amide bonds. The number of anilines is 1. The summed E-state index contributed by atoms with van der Waals surface area (Å²) in [6, 6.07) is 4.25. The second-order valence-electron chi connectivity index (χ2n) is 4.94. The summed E-state index contributed by atoms with van der Waals surface area (Å²) < 4.78 is 13.7. The van der Waals surface area contributed by atoms with Crippen molar-refractivity contribution in [3.8, 4) is 0 Å². The lowest BCUT2D eigenvalue weighted by atomic mass is 9.91. The minimum Gasteiger partial charge on any atom is -0.322 e. The molecule has 19 heavy (non-hydrogen) atoms. The molecule has 1 aromatic rings. The molecule has 0 aromatic heterocycles. The number of amides is 1. The van der Waals surface area contributed by atoms with Gasteiger partial charge in [-0.2, -0.15) is 0 Å². The fraction of sp³-hybridized carbons (Fsp3) is 0.500. The lowest BCUT2D eigenvalue weighted by Crippen LogP contribution is -2.50. The van der Waals surface area contributed by atoms with Crippen molar-refractivity contribution in [2.75, 3.05) is 11.9 Å². The topological polar surface area (TPSA) is 41.1 Å². The van der Waals surface area contributed by atoms with Gasteiger partial charge in [0.25, 0.3) is 0 Å². The van der Waals surface area contributed by atoms with Crippen molar-refractivity contribution < 1.29 is 9.18 Å². The first-order chi connectivity index (χ1) is 9.07. The molecule has 1 aliphatic rings. The van der Waals surface area contributed by atoms with E-state index in [0.29, 0.717) is 5.02 Å². The van der Waals surface area contributed by atoms with E-state index in [4.69, 9.17) is 11.6 Å². The van der Waals surface area contributed by atoms with Gasteiger partial charge in [0.1, 0.15) is 5.82 Å². The highest BCUT2D eigenvalue weighted by Gasteiger charge is 2.40. The van der Waals surface area contributed by atoms with Gasteiger partial charge in [-0.15, -0.1) is 0 Å². The van der Waals surface area contributed by atoms with Crippen molar-refractivity contribution >= 4 is 23.2 Å². The van der Waals surface area contributed by atoms with Crippen molar-refractivity contribution in [2.24, 2.45) is 0 Å². The Morgan fingerprint density at radius 1 is 1.58 bits per heavy atom. The number of rotatable bonds is 4. The highest BCUT2D eigenvalue weighted by Crippen LogP contribution is 2.27. The van der Waals surface area contributed by atoms with E-state index in [-0.39, 0.29) is 11.6 Å². The molecular weight excluding hydrogens is 267 g/mol. The zero-order valence-electron chi connectivity index (χ0n) is 10.9. The molecule has 0 radical (unpaired) electrons. The smallest absolute Gasteiger partial charge is 0.244 e. The van der Waals surface area contributed by atoms with E-state index in [1.165, 1.54) is 12.1 Å².